The van der Waals surface area contributed by atoms with Crippen LogP contribution < -0.4 is 0 Å². The van der Waals surface area contributed by atoms with Crippen molar-refractivity contribution in [2.75, 3.05) is 26.7 Å². The quantitative estimate of drug-likeness (QED) is 0.561. The number of rotatable bonds is 3. The number of methoxy groups -OCH3 is 1. The first-order valence-corrected chi connectivity index (χ1v) is 3.78. The number of β-amino-alcohol motifs (C(OH)–C–C–N with tert-alkyl or cyclic N) is 1. The van der Waals surface area contributed by atoms with Gasteiger partial charge in [-0.3, -0.25) is 9.69 Å². The zero-order chi connectivity index (χ0) is 9.14. The highest BCUT2D eigenvalue weighted by Crippen LogP contribution is 2.11. The number of hydrogen-bond donors (Lipinski definition) is 2. The van der Waals surface area contributed by atoms with Gasteiger partial charge in [0.05, 0.1) is 18.8 Å². The van der Waals surface area contributed by atoms with Crippen molar-refractivity contribution in [3.63, 3.8) is 0 Å². The molecule has 0 amide bonds. The maximum atomic E-state index is 10.3. The Balaban J connectivity index is 2.37. The number of aliphatic carboxylic acids is 1. The molecule has 2 atom stereocenters. The lowest BCUT2D eigenvalue weighted by Crippen LogP contribution is -2.28. The van der Waals surface area contributed by atoms with Gasteiger partial charge in [-0.15, -0.1) is 0 Å². The zero-order valence-electron chi connectivity index (χ0n) is 6.93. The van der Waals surface area contributed by atoms with E-state index in [2.05, 4.69) is 0 Å². The summed E-state index contributed by atoms with van der Waals surface area (Å²) in [6.07, 6.45) is -0.807. The van der Waals surface area contributed by atoms with Gasteiger partial charge in [0, 0.05) is 20.2 Å². The molecule has 1 heterocycles. The minimum atomic E-state index is -0.876. The van der Waals surface area contributed by atoms with Gasteiger partial charge < -0.3 is 14.9 Å². The van der Waals surface area contributed by atoms with E-state index in [1.54, 1.807) is 4.90 Å². The summed E-state index contributed by atoms with van der Waals surface area (Å²) >= 11 is 0. The summed E-state index contributed by atoms with van der Waals surface area (Å²) in [7, 11) is 1.51. The summed E-state index contributed by atoms with van der Waals surface area (Å²) in [6.45, 7) is 0.839. The van der Waals surface area contributed by atoms with Crippen molar-refractivity contribution >= 4 is 5.97 Å². The van der Waals surface area contributed by atoms with E-state index in [0.29, 0.717) is 13.1 Å². The van der Waals surface area contributed by atoms with Crippen molar-refractivity contribution in [3.8, 4) is 0 Å². The van der Waals surface area contributed by atoms with Crippen LogP contribution in [-0.2, 0) is 9.53 Å². The summed E-state index contributed by atoms with van der Waals surface area (Å²) in [5.74, 6) is -0.876. The molecule has 5 heteroatoms. The zero-order valence-corrected chi connectivity index (χ0v) is 6.93. The second-order valence-corrected chi connectivity index (χ2v) is 2.93. The van der Waals surface area contributed by atoms with E-state index < -0.39 is 12.1 Å². The van der Waals surface area contributed by atoms with Gasteiger partial charge in [-0.05, 0) is 0 Å². The van der Waals surface area contributed by atoms with Crippen molar-refractivity contribution in [2.24, 2.45) is 0 Å². The van der Waals surface area contributed by atoms with Crippen LogP contribution >= 0.6 is 0 Å². The molecule has 1 aliphatic rings. The van der Waals surface area contributed by atoms with Crippen LogP contribution in [0.4, 0.5) is 0 Å². The van der Waals surface area contributed by atoms with Crippen LogP contribution in [0, 0.1) is 0 Å². The standard InChI is InChI=1S/C7H13NO4/c1-12-6-3-8(2-5(6)9)4-7(10)11/h5-6,9H,2-4H2,1H3,(H,10,11)/t5-,6-/m1/s1. The number of carboxylic acid groups (broad SMARTS) is 1. The van der Waals surface area contributed by atoms with Crippen LogP contribution in [0.25, 0.3) is 0 Å². The molecule has 0 radical (unpaired) electrons. The molecule has 5 nitrogen and oxygen atoms in total. The monoisotopic (exact) mass is 175 g/mol. The third kappa shape index (κ3) is 2.17. The molecule has 0 saturated carbocycles. The van der Waals surface area contributed by atoms with Gasteiger partial charge in [0.15, 0.2) is 0 Å². The summed E-state index contributed by atoms with van der Waals surface area (Å²) < 4.78 is 4.95. The fraction of sp³-hybridized carbons (Fsp3) is 0.857. The SMILES string of the molecule is CO[C@@H]1CN(CC(=O)O)C[C@H]1O. The Morgan fingerprint density at radius 1 is 1.67 bits per heavy atom. The smallest absolute Gasteiger partial charge is 0.317 e. The molecule has 70 valence electrons. The highest BCUT2D eigenvalue weighted by Gasteiger charge is 2.31. The minimum Gasteiger partial charge on any atom is -0.480 e. The average Bonchev–Trinajstić information content (AvgIpc) is 2.29. The summed E-state index contributed by atoms with van der Waals surface area (Å²) in [5.41, 5.74) is 0. The van der Waals surface area contributed by atoms with Crippen LogP contribution in [-0.4, -0.2) is 60.0 Å². The lowest BCUT2D eigenvalue weighted by atomic mass is 10.3. The van der Waals surface area contributed by atoms with Crippen LogP contribution in [0.5, 0.6) is 0 Å². The van der Waals surface area contributed by atoms with Crippen LogP contribution in [0.2, 0.25) is 0 Å². The number of likely N-dealkylation sites (tertiary alicyclic amines) is 1. The molecule has 1 rings (SSSR count). The van der Waals surface area contributed by atoms with Crippen LogP contribution in [0.3, 0.4) is 0 Å². The first-order valence-electron chi connectivity index (χ1n) is 3.78. The summed E-state index contributed by atoms with van der Waals surface area (Å²) in [5, 5.41) is 17.8. The second-order valence-electron chi connectivity index (χ2n) is 2.93. The molecule has 12 heavy (non-hydrogen) atoms. The molecule has 2 N–H and O–H groups in total. The van der Waals surface area contributed by atoms with Gasteiger partial charge in [-0.25, -0.2) is 0 Å². The summed E-state index contributed by atoms with van der Waals surface area (Å²) in [6, 6.07) is 0. The number of ether oxygens (including phenoxy) is 1. The molecule has 1 saturated heterocycles. The number of nitrogens with zero attached hydrogens (tertiary/aromatic N) is 1. The maximum absolute atomic E-state index is 10.3. The lowest BCUT2D eigenvalue weighted by molar-refractivity contribution is -0.138. The highest BCUT2D eigenvalue weighted by molar-refractivity contribution is 5.69. The number of carbonyl (C=O) groups is 1. The van der Waals surface area contributed by atoms with Crippen molar-refractivity contribution in [1.29, 1.82) is 0 Å². The average molecular weight is 175 g/mol. The Morgan fingerprint density at radius 2 is 2.33 bits per heavy atom. The van der Waals surface area contributed by atoms with Gasteiger partial charge in [0.25, 0.3) is 0 Å². The second kappa shape index (κ2) is 3.84. The Morgan fingerprint density at radius 3 is 2.75 bits per heavy atom. The van der Waals surface area contributed by atoms with Crippen molar-refractivity contribution in [2.45, 2.75) is 12.2 Å². The molecular formula is C7H13NO4. The largest absolute Gasteiger partial charge is 0.480 e. The topological polar surface area (TPSA) is 70.0 Å². The van der Waals surface area contributed by atoms with Crippen LogP contribution in [0.15, 0.2) is 0 Å². The minimum absolute atomic E-state index is 0.0308. The molecule has 0 bridgehead atoms. The third-order valence-corrected chi connectivity index (χ3v) is 1.97. The summed E-state index contributed by atoms with van der Waals surface area (Å²) in [4.78, 5) is 11.9. The van der Waals surface area contributed by atoms with Gasteiger partial charge in [0.1, 0.15) is 0 Å². The fourth-order valence-corrected chi connectivity index (χ4v) is 1.38. The van der Waals surface area contributed by atoms with Crippen LogP contribution in [0.1, 0.15) is 0 Å². The van der Waals surface area contributed by atoms with Gasteiger partial charge >= 0.3 is 5.97 Å². The van der Waals surface area contributed by atoms with E-state index in [9.17, 15) is 9.90 Å². The van der Waals surface area contributed by atoms with Crippen molar-refractivity contribution in [1.82, 2.24) is 4.90 Å². The number of hydrogen-bond acceptors (Lipinski definition) is 4. The van der Waals surface area contributed by atoms with E-state index in [0.717, 1.165) is 0 Å². The first kappa shape index (κ1) is 9.44. The van der Waals surface area contributed by atoms with Gasteiger partial charge in [-0.1, -0.05) is 0 Å². The molecule has 0 unspecified atom stereocenters. The number of aliphatic hydroxyl groups excluding tert-OH is 1. The first-order chi connectivity index (χ1) is 5.63. The van der Waals surface area contributed by atoms with E-state index in [1.807, 2.05) is 0 Å². The third-order valence-electron chi connectivity index (χ3n) is 1.97. The number of aliphatic hydroxyl groups is 1. The Labute approximate surface area is 70.5 Å². The maximum Gasteiger partial charge on any atom is 0.317 e. The normalized spacial score (nSPS) is 30.8. The molecule has 0 aromatic carbocycles. The molecule has 0 aromatic heterocycles. The Bertz CT molecular complexity index is 173. The predicted molar refractivity (Wildman–Crippen MR) is 40.9 cm³/mol. The molecule has 0 aromatic rings. The molecule has 0 spiro atoms. The van der Waals surface area contributed by atoms with E-state index in [1.165, 1.54) is 7.11 Å². The van der Waals surface area contributed by atoms with Gasteiger partial charge in [-0.2, -0.15) is 0 Å². The predicted octanol–water partition coefficient (Wildman–Crippen LogP) is -1.24. The van der Waals surface area contributed by atoms with Gasteiger partial charge in [0.2, 0.25) is 0 Å². The van der Waals surface area contributed by atoms with E-state index in [4.69, 9.17) is 9.84 Å². The Hall–Kier alpha value is -0.650. The highest BCUT2D eigenvalue weighted by atomic mass is 16.5. The van der Waals surface area contributed by atoms with E-state index in [-0.39, 0.29) is 12.6 Å². The van der Waals surface area contributed by atoms with E-state index >= 15 is 0 Å². The van der Waals surface area contributed by atoms with Crippen molar-refractivity contribution in [3.05, 3.63) is 0 Å². The molecular weight excluding hydrogens is 162 g/mol. The molecule has 1 fully saturated rings. The number of carboxylic acids is 1. The Kier molecular flexibility index (Phi) is 3.02. The lowest BCUT2D eigenvalue weighted by Gasteiger charge is -2.11. The molecule has 1 aliphatic heterocycles. The van der Waals surface area contributed by atoms with Crippen molar-refractivity contribution < 1.29 is 19.7 Å². The molecule has 0 aliphatic carbocycles. The fourth-order valence-electron chi connectivity index (χ4n) is 1.38.